The van der Waals surface area contributed by atoms with Crippen molar-refractivity contribution in [3.05, 3.63) is 18.0 Å². The van der Waals surface area contributed by atoms with E-state index in [1.807, 2.05) is 38.2 Å². The van der Waals surface area contributed by atoms with Crippen LogP contribution in [0.2, 0.25) is 0 Å². The average molecular weight is 348 g/mol. The molecule has 8 nitrogen and oxygen atoms in total. The third-order valence-corrected chi connectivity index (χ3v) is 4.83. The minimum atomic E-state index is -0.218. The van der Waals surface area contributed by atoms with E-state index in [2.05, 4.69) is 20.6 Å². The fraction of sp³-hybridized carbons (Fsp3) is 0.706. The van der Waals surface area contributed by atoms with Crippen molar-refractivity contribution in [3.63, 3.8) is 0 Å². The number of nitrogens with zero attached hydrogens (tertiary/aromatic N) is 4. The maximum atomic E-state index is 12.5. The molecule has 138 valence electrons. The molecule has 0 radical (unpaired) electrons. The summed E-state index contributed by atoms with van der Waals surface area (Å²) in [4.78, 5) is 28.6. The van der Waals surface area contributed by atoms with Crippen LogP contribution in [0.1, 0.15) is 25.8 Å². The van der Waals surface area contributed by atoms with E-state index in [1.54, 1.807) is 4.68 Å². The summed E-state index contributed by atoms with van der Waals surface area (Å²) >= 11 is 0. The molecular formula is C17H28N6O2. The Bertz CT molecular complexity index is 643. The molecule has 1 spiro atoms. The highest BCUT2D eigenvalue weighted by molar-refractivity contribution is 5.80. The molecule has 8 heteroatoms. The molecular weight excluding hydrogens is 320 g/mol. The molecule has 2 saturated heterocycles. The number of urea groups is 1. The lowest BCUT2D eigenvalue weighted by atomic mass is 9.86. The van der Waals surface area contributed by atoms with Gasteiger partial charge in [0.05, 0.1) is 6.20 Å². The van der Waals surface area contributed by atoms with Crippen LogP contribution in [0.25, 0.3) is 0 Å². The van der Waals surface area contributed by atoms with Crippen LogP contribution in [0, 0.1) is 5.41 Å². The molecule has 2 aliphatic heterocycles. The maximum Gasteiger partial charge on any atom is 0.317 e. The van der Waals surface area contributed by atoms with Crippen LogP contribution in [-0.2, 0) is 18.4 Å². The molecule has 2 N–H and O–H groups in total. The van der Waals surface area contributed by atoms with Crippen LogP contribution in [0.4, 0.5) is 4.79 Å². The number of aromatic nitrogens is 2. The van der Waals surface area contributed by atoms with Gasteiger partial charge < -0.3 is 15.5 Å². The number of amides is 3. The van der Waals surface area contributed by atoms with Crippen molar-refractivity contribution in [2.45, 2.75) is 32.9 Å². The number of aryl methyl sites for hydroxylation is 1. The number of rotatable bonds is 3. The van der Waals surface area contributed by atoms with Crippen LogP contribution in [-0.4, -0.2) is 70.3 Å². The van der Waals surface area contributed by atoms with Gasteiger partial charge >= 0.3 is 6.03 Å². The van der Waals surface area contributed by atoms with Crippen molar-refractivity contribution in [2.24, 2.45) is 12.5 Å². The third kappa shape index (κ3) is 4.31. The zero-order valence-electron chi connectivity index (χ0n) is 15.3. The Balaban J connectivity index is 1.75. The van der Waals surface area contributed by atoms with Crippen LogP contribution < -0.4 is 10.6 Å². The van der Waals surface area contributed by atoms with Crippen LogP contribution in [0.3, 0.4) is 0 Å². The Hall–Kier alpha value is -2.09. The van der Waals surface area contributed by atoms with Gasteiger partial charge in [0, 0.05) is 76.0 Å². The lowest BCUT2D eigenvalue weighted by Crippen LogP contribution is -2.48. The van der Waals surface area contributed by atoms with E-state index in [-0.39, 0.29) is 23.4 Å². The monoisotopic (exact) mass is 348 g/mol. The van der Waals surface area contributed by atoms with Crippen molar-refractivity contribution in [1.82, 2.24) is 30.2 Å². The molecule has 1 aromatic rings. The number of carbonyl (C=O) groups is 2. The molecule has 0 aromatic carbocycles. The van der Waals surface area contributed by atoms with Gasteiger partial charge in [-0.1, -0.05) is 0 Å². The average Bonchev–Trinajstić information content (AvgIpc) is 3.02. The molecule has 1 atom stereocenters. The molecule has 0 saturated carbocycles. The number of hydrogen-bond donors (Lipinski definition) is 2. The molecule has 3 rings (SSSR count). The van der Waals surface area contributed by atoms with Crippen LogP contribution in [0.15, 0.2) is 12.4 Å². The fourth-order valence-corrected chi connectivity index (χ4v) is 3.78. The van der Waals surface area contributed by atoms with Crippen molar-refractivity contribution in [2.75, 3.05) is 32.7 Å². The highest BCUT2D eigenvalue weighted by Gasteiger charge is 2.43. The molecule has 1 aromatic heterocycles. The standard InChI is InChI=1S/C17H28N6O2/c1-13(2)20-16(25)23-5-4-22(9-14-7-19-21(3)8-14)11-17(12-23)6-15(24)18-10-17/h7-8,13H,4-6,9-12H2,1-3H3,(H,18,24)(H,20,25). The molecule has 25 heavy (non-hydrogen) atoms. The Morgan fingerprint density at radius 2 is 2.20 bits per heavy atom. The summed E-state index contributed by atoms with van der Waals surface area (Å²) in [7, 11) is 1.91. The molecule has 3 amide bonds. The fourth-order valence-electron chi connectivity index (χ4n) is 3.78. The predicted molar refractivity (Wildman–Crippen MR) is 93.8 cm³/mol. The van der Waals surface area contributed by atoms with Gasteiger partial charge in [-0.3, -0.25) is 14.4 Å². The summed E-state index contributed by atoms with van der Waals surface area (Å²) in [5.41, 5.74) is 0.930. The van der Waals surface area contributed by atoms with Gasteiger partial charge in [0.15, 0.2) is 0 Å². The second-order valence-electron chi connectivity index (χ2n) is 7.71. The topological polar surface area (TPSA) is 82.5 Å². The molecule has 2 aliphatic rings. The van der Waals surface area contributed by atoms with Gasteiger partial charge in [-0.15, -0.1) is 0 Å². The summed E-state index contributed by atoms with van der Waals surface area (Å²) in [6.07, 6.45) is 4.36. The number of hydrogen-bond acceptors (Lipinski definition) is 4. The molecule has 0 aliphatic carbocycles. The van der Waals surface area contributed by atoms with Crippen molar-refractivity contribution >= 4 is 11.9 Å². The predicted octanol–water partition coefficient (Wildman–Crippen LogP) is 0.162. The first-order valence-electron chi connectivity index (χ1n) is 8.87. The molecule has 2 fully saturated rings. The van der Waals surface area contributed by atoms with E-state index in [9.17, 15) is 9.59 Å². The minimum Gasteiger partial charge on any atom is -0.355 e. The van der Waals surface area contributed by atoms with Crippen molar-refractivity contribution < 1.29 is 9.59 Å². The SMILES string of the molecule is CC(C)NC(=O)N1CCN(Cc2cnn(C)c2)CC2(CNC(=O)C2)C1. The van der Waals surface area contributed by atoms with Gasteiger partial charge in [0.25, 0.3) is 0 Å². The molecule has 0 bridgehead atoms. The second kappa shape index (κ2) is 7.03. The normalized spacial score (nSPS) is 24.6. The third-order valence-electron chi connectivity index (χ3n) is 4.83. The first kappa shape index (κ1) is 17.7. The highest BCUT2D eigenvalue weighted by atomic mass is 16.2. The summed E-state index contributed by atoms with van der Waals surface area (Å²) in [6, 6.07) is 0.0542. The van der Waals surface area contributed by atoms with E-state index in [0.29, 0.717) is 26.1 Å². The summed E-state index contributed by atoms with van der Waals surface area (Å²) in [6.45, 7) is 8.18. The maximum absolute atomic E-state index is 12.5. The summed E-state index contributed by atoms with van der Waals surface area (Å²) in [5.74, 6) is 0.0763. The first-order valence-corrected chi connectivity index (χ1v) is 8.87. The van der Waals surface area contributed by atoms with Gasteiger partial charge in [-0.2, -0.15) is 5.10 Å². The lowest BCUT2D eigenvalue weighted by molar-refractivity contribution is -0.119. The highest BCUT2D eigenvalue weighted by Crippen LogP contribution is 2.31. The van der Waals surface area contributed by atoms with Crippen LogP contribution >= 0.6 is 0 Å². The van der Waals surface area contributed by atoms with Crippen molar-refractivity contribution in [1.29, 1.82) is 0 Å². The van der Waals surface area contributed by atoms with Gasteiger partial charge in [0.2, 0.25) is 5.91 Å². The number of nitrogens with one attached hydrogen (secondary N) is 2. The Morgan fingerprint density at radius 1 is 1.40 bits per heavy atom. The molecule has 3 heterocycles. The zero-order valence-corrected chi connectivity index (χ0v) is 15.3. The van der Waals surface area contributed by atoms with Gasteiger partial charge in [0.1, 0.15) is 0 Å². The van der Waals surface area contributed by atoms with Gasteiger partial charge in [-0.25, -0.2) is 4.79 Å². The quantitative estimate of drug-likeness (QED) is 0.815. The minimum absolute atomic E-state index is 0.0445. The summed E-state index contributed by atoms with van der Waals surface area (Å²) in [5, 5.41) is 10.2. The summed E-state index contributed by atoms with van der Waals surface area (Å²) < 4.78 is 1.80. The Labute approximate surface area is 148 Å². The van der Waals surface area contributed by atoms with Gasteiger partial charge in [-0.05, 0) is 13.8 Å². The largest absolute Gasteiger partial charge is 0.355 e. The van der Waals surface area contributed by atoms with E-state index in [0.717, 1.165) is 25.2 Å². The molecule has 1 unspecified atom stereocenters. The van der Waals surface area contributed by atoms with E-state index in [1.165, 1.54) is 0 Å². The smallest absolute Gasteiger partial charge is 0.317 e. The Morgan fingerprint density at radius 3 is 2.80 bits per heavy atom. The van der Waals surface area contributed by atoms with Crippen molar-refractivity contribution in [3.8, 4) is 0 Å². The second-order valence-corrected chi connectivity index (χ2v) is 7.71. The van der Waals surface area contributed by atoms with E-state index < -0.39 is 0 Å². The first-order chi connectivity index (χ1) is 11.8. The zero-order chi connectivity index (χ0) is 18.0. The number of carbonyl (C=O) groups excluding carboxylic acids is 2. The van der Waals surface area contributed by atoms with Crippen LogP contribution in [0.5, 0.6) is 0 Å². The van der Waals surface area contributed by atoms with E-state index >= 15 is 0 Å². The van der Waals surface area contributed by atoms with E-state index in [4.69, 9.17) is 0 Å². The lowest BCUT2D eigenvalue weighted by Gasteiger charge is -2.33. The Kier molecular flexibility index (Phi) is 4.99.